The van der Waals surface area contributed by atoms with Crippen molar-refractivity contribution in [3.8, 4) is 0 Å². The monoisotopic (exact) mass is 329 g/mol. The lowest BCUT2D eigenvalue weighted by Crippen LogP contribution is -2.55. The Hall–Kier alpha value is -2.67. The van der Waals surface area contributed by atoms with Crippen molar-refractivity contribution in [3.05, 3.63) is 53.4 Å². The zero-order valence-electron chi connectivity index (χ0n) is 13.4. The van der Waals surface area contributed by atoms with Crippen molar-refractivity contribution < 1.29 is 18.8 Å². The summed E-state index contributed by atoms with van der Waals surface area (Å²) in [6.45, 7) is 2.59. The zero-order chi connectivity index (χ0) is 16.9. The average Bonchev–Trinajstić information content (AvgIpc) is 3.01. The van der Waals surface area contributed by atoms with E-state index < -0.39 is 6.04 Å². The van der Waals surface area contributed by atoms with E-state index >= 15 is 0 Å². The summed E-state index contributed by atoms with van der Waals surface area (Å²) < 4.78 is 10.3. The van der Waals surface area contributed by atoms with Gasteiger partial charge in [0.2, 0.25) is 11.8 Å². The molecule has 1 atom stereocenters. The number of amides is 2. The first-order valence-corrected chi connectivity index (χ1v) is 7.74. The molecule has 1 aromatic heterocycles. The number of rotatable bonds is 5. The molecule has 24 heavy (non-hydrogen) atoms. The predicted molar refractivity (Wildman–Crippen MR) is 84.7 cm³/mol. The molecule has 0 saturated carbocycles. The van der Waals surface area contributed by atoms with Crippen LogP contribution < -0.4 is 5.32 Å². The molecule has 1 aromatic carbocycles. The van der Waals surface area contributed by atoms with Gasteiger partial charge < -0.3 is 19.5 Å². The van der Waals surface area contributed by atoms with Crippen molar-refractivity contribution >= 4 is 11.8 Å². The van der Waals surface area contributed by atoms with E-state index in [1.54, 1.807) is 11.0 Å². The van der Waals surface area contributed by atoms with Gasteiger partial charge in [-0.25, -0.2) is 0 Å². The van der Waals surface area contributed by atoms with Crippen molar-refractivity contribution in [3.63, 3.8) is 0 Å². The first-order valence-electron chi connectivity index (χ1n) is 7.74. The van der Waals surface area contributed by atoms with Crippen molar-refractivity contribution in [2.45, 2.75) is 26.1 Å². The Kier molecular flexibility index (Phi) is 4.90. The fraction of sp³-hybridized carbons (Fsp3) is 0.353. The first-order chi connectivity index (χ1) is 11.6. The highest BCUT2D eigenvalue weighted by molar-refractivity contribution is 5.89. The smallest absolute Gasteiger partial charge is 0.249 e. The third-order valence-corrected chi connectivity index (χ3v) is 3.81. The maximum Gasteiger partial charge on any atom is 0.249 e. The molecule has 7 heteroatoms. The third-order valence-electron chi connectivity index (χ3n) is 3.81. The van der Waals surface area contributed by atoms with Crippen LogP contribution in [0.2, 0.25) is 0 Å². The molecule has 3 rings (SSSR count). The normalized spacial score (nSPS) is 17.8. The van der Waals surface area contributed by atoms with Crippen LogP contribution in [-0.4, -0.2) is 41.1 Å². The van der Waals surface area contributed by atoms with E-state index in [-0.39, 0.29) is 31.6 Å². The van der Waals surface area contributed by atoms with Crippen molar-refractivity contribution in [1.82, 2.24) is 15.4 Å². The molecular weight excluding hydrogens is 310 g/mol. The molecule has 1 fully saturated rings. The number of aryl methyl sites for hydroxylation is 1. The van der Waals surface area contributed by atoms with Gasteiger partial charge in [-0.15, -0.1) is 0 Å². The molecule has 0 bridgehead atoms. The largest absolute Gasteiger partial charge is 0.369 e. The molecule has 0 unspecified atom stereocenters. The van der Waals surface area contributed by atoms with Gasteiger partial charge in [0.1, 0.15) is 12.6 Å². The summed E-state index contributed by atoms with van der Waals surface area (Å²) in [6.07, 6.45) is 0. The van der Waals surface area contributed by atoms with Crippen LogP contribution in [0.3, 0.4) is 0 Å². The van der Waals surface area contributed by atoms with Crippen LogP contribution in [-0.2, 0) is 27.4 Å². The molecule has 0 spiro atoms. The third kappa shape index (κ3) is 3.80. The Labute approximate surface area is 139 Å². The van der Waals surface area contributed by atoms with Crippen LogP contribution in [0.1, 0.15) is 17.0 Å². The van der Waals surface area contributed by atoms with Crippen LogP contribution in [0.5, 0.6) is 0 Å². The molecular formula is C17H19N3O4. The number of carbonyl (C=O) groups is 2. The van der Waals surface area contributed by atoms with Gasteiger partial charge in [0.05, 0.1) is 18.8 Å². The Morgan fingerprint density at radius 2 is 2.17 bits per heavy atom. The zero-order valence-corrected chi connectivity index (χ0v) is 13.4. The van der Waals surface area contributed by atoms with E-state index in [2.05, 4.69) is 10.5 Å². The molecule has 1 saturated heterocycles. The summed E-state index contributed by atoms with van der Waals surface area (Å²) in [5, 5.41) is 6.55. The van der Waals surface area contributed by atoms with Gasteiger partial charge in [-0.05, 0) is 12.5 Å². The van der Waals surface area contributed by atoms with E-state index in [9.17, 15) is 9.59 Å². The van der Waals surface area contributed by atoms with Crippen LogP contribution in [0.15, 0.2) is 40.9 Å². The topological polar surface area (TPSA) is 84.7 Å². The van der Waals surface area contributed by atoms with Crippen LogP contribution >= 0.6 is 0 Å². The Balaban J connectivity index is 1.66. The van der Waals surface area contributed by atoms with Crippen LogP contribution in [0.25, 0.3) is 0 Å². The summed E-state index contributed by atoms with van der Waals surface area (Å²) in [7, 11) is 0. The number of morpholine rings is 1. The van der Waals surface area contributed by atoms with Gasteiger partial charge in [0.15, 0.2) is 5.76 Å². The van der Waals surface area contributed by atoms with E-state index in [4.69, 9.17) is 9.26 Å². The average molecular weight is 329 g/mol. The summed E-state index contributed by atoms with van der Waals surface area (Å²) in [4.78, 5) is 26.2. The SMILES string of the molecule is Cc1cc(CNC(=O)[C@@H]2COCC(=O)N2Cc2ccccc2)on1. The minimum atomic E-state index is -0.657. The number of hydrogen-bond donors (Lipinski definition) is 1. The van der Waals surface area contributed by atoms with E-state index in [1.165, 1.54) is 0 Å². The van der Waals surface area contributed by atoms with E-state index in [1.807, 2.05) is 37.3 Å². The van der Waals surface area contributed by atoms with Gasteiger partial charge in [-0.3, -0.25) is 9.59 Å². The summed E-state index contributed by atoms with van der Waals surface area (Å²) >= 11 is 0. The van der Waals surface area contributed by atoms with Gasteiger partial charge >= 0.3 is 0 Å². The fourth-order valence-electron chi connectivity index (χ4n) is 2.59. The number of hydrogen-bond acceptors (Lipinski definition) is 5. The summed E-state index contributed by atoms with van der Waals surface area (Å²) in [5.74, 6) is 0.104. The second-order valence-electron chi connectivity index (χ2n) is 5.69. The van der Waals surface area contributed by atoms with Crippen LogP contribution in [0.4, 0.5) is 0 Å². The molecule has 1 N–H and O–H groups in total. The Morgan fingerprint density at radius 3 is 2.88 bits per heavy atom. The lowest BCUT2D eigenvalue weighted by Gasteiger charge is -2.34. The highest BCUT2D eigenvalue weighted by atomic mass is 16.5. The second-order valence-corrected chi connectivity index (χ2v) is 5.69. The summed E-state index contributed by atoms with van der Waals surface area (Å²) in [6, 6.07) is 10.7. The molecule has 0 aliphatic carbocycles. The molecule has 126 valence electrons. The lowest BCUT2D eigenvalue weighted by molar-refractivity contribution is -0.155. The molecule has 1 aliphatic rings. The minimum absolute atomic E-state index is 0.00207. The van der Waals surface area contributed by atoms with Crippen molar-refractivity contribution in [1.29, 1.82) is 0 Å². The molecule has 7 nitrogen and oxygen atoms in total. The van der Waals surface area contributed by atoms with Crippen LogP contribution in [0, 0.1) is 6.92 Å². The predicted octanol–water partition coefficient (Wildman–Crippen LogP) is 1.03. The standard InChI is InChI=1S/C17H19N3O4/c1-12-7-14(24-19-12)8-18-17(22)15-10-23-11-16(21)20(15)9-13-5-3-2-4-6-13/h2-7,15H,8-11H2,1H3,(H,18,22)/t15-/m0/s1. The number of aromatic nitrogens is 1. The van der Waals surface area contributed by atoms with Gasteiger partial charge in [-0.1, -0.05) is 35.5 Å². The fourth-order valence-corrected chi connectivity index (χ4v) is 2.59. The second kappa shape index (κ2) is 7.27. The minimum Gasteiger partial charge on any atom is -0.369 e. The Bertz CT molecular complexity index is 714. The molecule has 1 aliphatic heterocycles. The van der Waals surface area contributed by atoms with Gasteiger partial charge in [0.25, 0.3) is 0 Å². The molecule has 2 heterocycles. The highest BCUT2D eigenvalue weighted by Gasteiger charge is 2.34. The summed E-state index contributed by atoms with van der Waals surface area (Å²) in [5.41, 5.74) is 1.72. The molecule has 2 amide bonds. The number of nitrogens with zero attached hydrogens (tertiary/aromatic N) is 2. The maximum atomic E-state index is 12.5. The van der Waals surface area contributed by atoms with Crippen molar-refractivity contribution in [2.24, 2.45) is 0 Å². The number of ether oxygens (including phenoxy) is 1. The number of benzene rings is 1. The van der Waals surface area contributed by atoms with Gasteiger partial charge in [-0.2, -0.15) is 0 Å². The first kappa shape index (κ1) is 16.2. The quantitative estimate of drug-likeness (QED) is 0.885. The number of carbonyl (C=O) groups excluding carboxylic acids is 2. The molecule has 2 aromatic rings. The lowest BCUT2D eigenvalue weighted by atomic mass is 10.1. The van der Waals surface area contributed by atoms with Gasteiger partial charge in [0, 0.05) is 12.6 Å². The maximum absolute atomic E-state index is 12.5. The Morgan fingerprint density at radius 1 is 1.38 bits per heavy atom. The molecule has 0 radical (unpaired) electrons. The highest BCUT2D eigenvalue weighted by Crippen LogP contribution is 2.14. The van der Waals surface area contributed by atoms with E-state index in [0.29, 0.717) is 12.3 Å². The van der Waals surface area contributed by atoms with Crippen molar-refractivity contribution in [2.75, 3.05) is 13.2 Å². The number of nitrogens with one attached hydrogen (secondary N) is 1. The van der Waals surface area contributed by atoms with E-state index in [0.717, 1.165) is 11.3 Å².